The van der Waals surface area contributed by atoms with Gasteiger partial charge in [0.05, 0.1) is 12.7 Å². The molecule has 0 saturated carbocycles. The predicted octanol–water partition coefficient (Wildman–Crippen LogP) is 1.78. The van der Waals surface area contributed by atoms with E-state index < -0.39 is 23.4 Å². The van der Waals surface area contributed by atoms with Crippen molar-refractivity contribution in [1.82, 2.24) is 10.2 Å². The second-order valence-corrected chi connectivity index (χ2v) is 9.37. The molecule has 1 aromatic rings. The molecule has 1 aliphatic carbocycles. The maximum atomic E-state index is 12.7. The fourth-order valence-corrected chi connectivity index (χ4v) is 6.55. The molecule has 4 rings (SSSR count). The molecule has 1 spiro atoms. The first kappa shape index (κ1) is 19.3. The zero-order chi connectivity index (χ0) is 19.9. The summed E-state index contributed by atoms with van der Waals surface area (Å²) in [6.45, 7) is -0.375. The van der Waals surface area contributed by atoms with Gasteiger partial charge in [-0.2, -0.15) is 11.8 Å². The molecule has 8 nitrogen and oxygen atoms in total. The highest BCUT2D eigenvalue weighted by Crippen LogP contribution is 2.39. The van der Waals surface area contributed by atoms with Crippen molar-refractivity contribution in [2.75, 3.05) is 30.5 Å². The lowest BCUT2D eigenvalue weighted by molar-refractivity contribution is -0.133. The first-order valence-electron chi connectivity index (χ1n) is 9.20. The molecule has 2 aliphatic heterocycles. The van der Waals surface area contributed by atoms with E-state index in [1.807, 2.05) is 0 Å². The first-order chi connectivity index (χ1) is 13.4. The summed E-state index contributed by atoms with van der Waals surface area (Å²) in [5.41, 5.74) is 0.466. The third-order valence-corrected chi connectivity index (χ3v) is 7.78. The number of rotatable bonds is 4. The Balaban J connectivity index is 1.51. The number of nitrogens with one attached hydrogen (secondary N) is 2. The fraction of sp³-hybridized carbons (Fsp3) is 0.556. The van der Waals surface area contributed by atoms with Gasteiger partial charge in [-0.25, -0.2) is 9.59 Å². The number of carbonyl (C=O) groups excluding carboxylic acids is 4. The molecule has 0 aromatic carbocycles. The molecule has 1 aromatic heterocycles. The Morgan fingerprint density at radius 3 is 2.79 bits per heavy atom. The normalized spacial score (nSPS) is 23.7. The second-order valence-electron chi connectivity index (χ2n) is 7.16. The summed E-state index contributed by atoms with van der Waals surface area (Å²) >= 11 is 2.98. The summed E-state index contributed by atoms with van der Waals surface area (Å²) in [6.07, 6.45) is 4.25. The van der Waals surface area contributed by atoms with Crippen LogP contribution in [0.1, 0.15) is 40.1 Å². The van der Waals surface area contributed by atoms with Crippen molar-refractivity contribution in [2.45, 2.75) is 37.6 Å². The predicted molar refractivity (Wildman–Crippen MR) is 106 cm³/mol. The Morgan fingerprint density at radius 2 is 2.07 bits per heavy atom. The van der Waals surface area contributed by atoms with Gasteiger partial charge in [0.15, 0.2) is 0 Å². The summed E-state index contributed by atoms with van der Waals surface area (Å²) < 4.78 is 4.90. The van der Waals surface area contributed by atoms with E-state index in [4.69, 9.17) is 4.74 Å². The molecule has 2 fully saturated rings. The van der Waals surface area contributed by atoms with Gasteiger partial charge in [-0.3, -0.25) is 14.5 Å². The van der Waals surface area contributed by atoms with E-state index in [0.717, 1.165) is 46.8 Å². The van der Waals surface area contributed by atoms with Crippen LogP contribution in [0.25, 0.3) is 0 Å². The minimum Gasteiger partial charge on any atom is -0.465 e. The van der Waals surface area contributed by atoms with Gasteiger partial charge in [-0.1, -0.05) is 0 Å². The van der Waals surface area contributed by atoms with Crippen LogP contribution in [0.15, 0.2) is 0 Å². The quantitative estimate of drug-likeness (QED) is 0.565. The number of ether oxygens (including phenoxy) is 1. The standard InChI is InChI=1S/C18H21N3O5S2/c1-26-15(23)13-10-4-2-3-5-11(10)28-14(13)19-12(22)8-21-16(24)18(20-17(21)25)6-7-27-9-18/h2-9H2,1H3,(H,19,22)(H,20,25). The van der Waals surface area contributed by atoms with Gasteiger partial charge >= 0.3 is 12.0 Å². The number of carbonyl (C=O) groups is 4. The Bertz CT molecular complexity index is 860. The number of esters is 1. The third kappa shape index (κ3) is 3.18. The van der Waals surface area contributed by atoms with Gasteiger partial charge in [0.2, 0.25) is 5.91 Å². The zero-order valence-electron chi connectivity index (χ0n) is 15.5. The lowest BCUT2D eigenvalue weighted by atomic mass is 9.95. The summed E-state index contributed by atoms with van der Waals surface area (Å²) in [5, 5.41) is 5.90. The van der Waals surface area contributed by atoms with Crippen molar-refractivity contribution in [1.29, 1.82) is 0 Å². The number of nitrogens with zero attached hydrogens (tertiary/aromatic N) is 1. The lowest BCUT2D eigenvalue weighted by Crippen LogP contribution is -2.47. The molecule has 0 bridgehead atoms. The first-order valence-corrected chi connectivity index (χ1v) is 11.2. The second kappa shape index (κ2) is 7.40. The van der Waals surface area contributed by atoms with E-state index in [-0.39, 0.29) is 12.5 Å². The monoisotopic (exact) mass is 423 g/mol. The lowest BCUT2D eigenvalue weighted by Gasteiger charge is -2.19. The van der Waals surface area contributed by atoms with Crippen molar-refractivity contribution in [3.63, 3.8) is 0 Å². The highest BCUT2D eigenvalue weighted by molar-refractivity contribution is 7.99. The van der Waals surface area contributed by atoms with Gasteiger partial charge in [0.1, 0.15) is 17.1 Å². The van der Waals surface area contributed by atoms with E-state index in [9.17, 15) is 19.2 Å². The molecule has 150 valence electrons. The van der Waals surface area contributed by atoms with E-state index >= 15 is 0 Å². The summed E-state index contributed by atoms with van der Waals surface area (Å²) in [4.78, 5) is 51.9. The number of hydrogen-bond donors (Lipinski definition) is 2. The Hall–Kier alpha value is -2.07. The minimum absolute atomic E-state index is 0.351. The number of urea groups is 1. The number of thioether (sulfide) groups is 1. The molecule has 2 saturated heterocycles. The van der Waals surface area contributed by atoms with Crippen LogP contribution < -0.4 is 10.6 Å². The molecule has 1 unspecified atom stereocenters. The average Bonchev–Trinajstić information content (AvgIpc) is 3.34. The number of aryl methyl sites for hydroxylation is 1. The highest BCUT2D eigenvalue weighted by Gasteiger charge is 2.53. The Morgan fingerprint density at radius 1 is 1.29 bits per heavy atom. The number of thiophene rings is 1. The fourth-order valence-electron chi connectivity index (χ4n) is 3.93. The van der Waals surface area contributed by atoms with Crippen LogP contribution in [0.2, 0.25) is 0 Å². The van der Waals surface area contributed by atoms with Crippen molar-refractivity contribution < 1.29 is 23.9 Å². The topological polar surface area (TPSA) is 105 Å². The molecule has 0 radical (unpaired) electrons. The van der Waals surface area contributed by atoms with Crippen molar-refractivity contribution in [3.05, 3.63) is 16.0 Å². The van der Waals surface area contributed by atoms with Crippen LogP contribution in [-0.4, -0.2) is 59.4 Å². The van der Waals surface area contributed by atoms with Gasteiger partial charge in [-0.15, -0.1) is 11.3 Å². The molecular weight excluding hydrogens is 402 g/mol. The number of amides is 4. The highest BCUT2D eigenvalue weighted by atomic mass is 32.2. The van der Waals surface area contributed by atoms with Crippen LogP contribution >= 0.6 is 23.1 Å². The molecular formula is C18H21N3O5S2. The molecule has 2 N–H and O–H groups in total. The molecule has 1 atom stereocenters. The average molecular weight is 424 g/mol. The molecule has 3 heterocycles. The van der Waals surface area contributed by atoms with Gasteiger partial charge in [0.25, 0.3) is 5.91 Å². The van der Waals surface area contributed by atoms with Gasteiger partial charge in [0, 0.05) is 10.6 Å². The number of methoxy groups -OCH3 is 1. The molecule has 28 heavy (non-hydrogen) atoms. The van der Waals surface area contributed by atoms with Crippen molar-refractivity contribution >= 4 is 51.9 Å². The summed E-state index contributed by atoms with van der Waals surface area (Å²) in [6, 6.07) is -0.540. The van der Waals surface area contributed by atoms with Crippen LogP contribution in [0, 0.1) is 0 Å². The van der Waals surface area contributed by atoms with E-state index in [2.05, 4.69) is 10.6 Å². The zero-order valence-corrected chi connectivity index (χ0v) is 17.1. The maximum Gasteiger partial charge on any atom is 0.341 e. The molecule has 4 amide bonds. The van der Waals surface area contributed by atoms with E-state index in [0.29, 0.717) is 22.7 Å². The Labute approximate surface area is 170 Å². The minimum atomic E-state index is -0.874. The maximum absolute atomic E-state index is 12.7. The van der Waals surface area contributed by atoms with E-state index in [1.165, 1.54) is 18.4 Å². The SMILES string of the molecule is COC(=O)c1c(NC(=O)CN2C(=O)NC3(CCSC3)C2=O)sc2c1CCCC2. The largest absolute Gasteiger partial charge is 0.465 e. The number of anilines is 1. The van der Waals surface area contributed by atoms with Crippen LogP contribution in [0.3, 0.4) is 0 Å². The van der Waals surface area contributed by atoms with Crippen molar-refractivity contribution in [3.8, 4) is 0 Å². The van der Waals surface area contributed by atoms with Gasteiger partial charge in [-0.05, 0) is 43.4 Å². The summed E-state index contributed by atoms with van der Waals surface area (Å²) in [5.74, 6) is -0.00679. The summed E-state index contributed by atoms with van der Waals surface area (Å²) in [7, 11) is 1.31. The molecule has 10 heteroatoms. The van der Waals surface area contributed by atoms with Gasteiger partial charge < -0.3 is 15.4 Å². The van der Waals surface area contributed by atoms with Crippen molar-refractivity contribution in [2.24, 2.45) is 0 Å². The van der Waals surface area contributed by atoms with Crippen LogP contribution in [0.5, 0.6) is 0 Å². The Kier molecular flexibility index (Phi) is 5.09. The van der Waals surface area contributed by atoms with Crippen LogP contribution in [-0.2, 0) is 27.2 Å². The van der Waals surface area contributed by atoms with E-state index in [1.54, 1.807) is 11.8 Å². The molecule has 3 aliphatic rings. The number of hydrogen-bond acceptors (Lipinski definition) is 7. The number of fused-ring (bicyclic) bond motifs is 1. The smallest absolute Gasteiger partial charge is 0.341 e. The van der Waals surface area contributed by atoms with Crippen LogP contribution in [0.4, 0.5) is 9.80 Å². The third-order valence-electron chi connectivity index (χ3n) is 5.38. The number of imide groups is 1.